The number of pyridine rings is 1. The number of carbonyl (C=O) groups is 1. The molecule has 0 aromatic carbocycles. The minimum absolute atomic E-state index is 0.0967. The van der Waals surface area contributed by atoms with E-state index in [1.807, 2.05) is 13.0 Å². The van der Waals surface area contributed by atoms with Crippen molar-refractivity contribution in [2.45, 2.75) is 27.0 Å². The summed E-state index contributed by atoms with van der Waals surface area (Å²) < 4.78 is 7.65. The Balaban J connectivity index is 2.11. The molecular weight excluding hydrogens is 324 g/mol. The lowest BCUT2D eigenvalue weighted by molar-refractivity contribution is 0.0454. The molecule has 0 radical (unpaired) electrons. The Morgan fingerprint density at radius 1 is 1.50 bits per heavy atom. The van der Waals surface area contributed by atoms with E-state index in [4.69, 9.17) is 10.5 Å². The van der Waals surface area contributed by atoms with Crippen molar-refractivity contribution in [3.8, 4) is 0 Å². The van der Waals surface area contributed by atoms with Crippen LogP contribution in [0.4, 0.5) is 5.69 Å². The minimum Gasteiger partial charge on any atom is -0.454 e. The van der Waals surface area contributed by atoms with E-state index in [2.05, 4.69) is 26.0 Å². The van der Waals surface area contributed by atoms with Gasteiger partial charge in [-0.1, -0.05) is 0 Å². The molecule has 0 aliphatic carbocycles. The molecule has 0 spiro atoms. The number of hydrogen-bond donors (Lipinski definition) is 1. The van der Waals surface area contributed by atoms with Crippen LogP contribution in [0.2, 0.25) is 0 Å². The zero-order valence-corrected chi connectivity index (χ0v) is 12.8. The van der Waals surface area contributed by atoms with E-state index in [9.17, 15) is 4.79 Å². The molecule has 0 aliphatic heterocycles. The summed E-state index contributed by atoms with van der Waals surface area (Å²) >= 11 is 3.29. The molecular formula is C13H15BrN4O2. The highest BCUT2D eigenvalue weighted by atomic mass is 79.9. The van der Waals surface area contributed by atoms with Crippen molar-refractivity contribution in [2.24, 2.45) is 0 Å². The van der Waals surface area contributed by atoms with Crippen molar-refractivity contribution in [3.63, 3.8) is 0 Å². The first-order valence-electron chi connectivity index (χ1n) is 6.13. The maximum atomic E-state index is 12.1. The molecule has 2 rings (SSSR count). The number of hydrogen-bond acceptors (Lipinski definition) is 5. The van der Waals surface area contributed by atoms with E-state index in [0.29, 0.717) is 29.3 Å². The highest BCUT2D eigenvalue weighted by Crippen LogP contribution is 2.18. The average molecular weight is 339 g/mol. The molecule has 2 heterocycles. The first-order chi connectivity index (χ1) is 9.52. The summed E-state index contributed by atoms with van der Waals surface area (Å²) in [5, 5.41) is 4.19. The molecule has 0 fully saturated rings. The second-order valence-corrected chi connectivity index (χ2v) is 5.12. The number of ether oxygens (including phenoxy) is 1. The van der Waals surface area contributed by atoms with E-state index < -0.39 is 5.97 Å². The van der Waals surface area contributed by atoms with Crippen molar-refractivity contribution in [1.82, 2.24) is 14.8 Å². The van der Waals surface area contributed by atoms with Crippen LogP contribution in [0.25, 0.3) is 0 Å². The van der Waals surface area contributed by atoms with Crippen LogP contribution >= 0.6 is 15.9 Å². The summed E-state index contributed by atoms with van der Waals surface area (Å²) in [6.45, 7) is 4.30. The molecule has 7 heteroatoms. The van der Waals surface area contributed by atoms with Crippen LogP contribution in [0.3, 0.4) is 0 Å². The highest BCUT2D eigenvalue weighted by molar-refractivity contribution is 9.10. The van der Waals surface area contributed by atoms with Crippen molar-refractivity contribution in [1.29, 1.82) is 0 Å². The lowest BCUT2D eigenvalue weighted by atomic mass is 10.3. The zero-order chi connectivity index (χ0) is 14.7. The number of rotatable bonds is 4. The molecule has 2 aromatic heterocycles. The summed E-state index contributed by atoms with van der Waals surface area (Å²) in [6, 6.07) is 3.62. The van der Waals surface area contributed by atoms with Gasteiger partial charge in [0.25, 0.3) is 0 Å². The summed E-state index contributed by atoms with van der Waals surface area (Å²) in [5.41, 5.74) is 7.81. The first kappa shape index (κ1) is 14.5. The van der Waals surface area contributed by atoms with E-state index in [0.717, 1.165) is 4.47 Å². The number of nitrogens with zero attached hydrogens (tertiary/aromatic N) is 3. The number of aryl methyl sites for hydroxylation is 2. The second kappa shape index (κ2) is 6.04. The number of anilines is 1. The fourth-order valence-electron chi connectivity index (χ4n) is 1.74. The number of aromatic nitrogens is 3. The van der Waals surface area contributed by atoms with Gasteiger partial charge in [0.15, 0.2) is 5.69 Å². The van der Waals surface area contributed by atoms with Gasteiger partial charge in [-0.3, -0.25) is 9.67 Å². The van der Waals surface area contributed by atoms with Gasteiger partial charge in [0, 0.05) is 17.2 Å². The molecule has 2 N–H and O–H groups in total. The van der Waals surface area contributed by atoms with E-state index >= 15 is 0 Å². The maximum absolute atomic E-state index is 12.1. The summed E-state index contributed by atoms with van der Waals surface area (Å²) in [7, 11) is 0. The molecule has 0 bridgehead atoms. The quantitative estimate of drug-likeness (QED) is 0.865. The lowest BCUT2D eigenvalue weighted by Gasteiger charge is -2.06. The van der Waals surface area contributed by atoms with Crippen LogP contribution in [0.15, 0.2) is 22.8 Å². The van der Waals surface area contributed by atoms with Crippen LogP contribution in [-0.2, 0) is 17.9 Å². The topological polar surface area (TPSA) is 83.0 Å². The average Bonchev–Trinajstić information content (AvgIpc) is 2.73. The van der Waals surface area contributed by atoms with Crippen LogP contribution in [0, 0.1) is 6.92 Å². The number of nitrogen functional groups attached to an aromatic ring is 1. The third kappa shape index (κ3) is 2.98. The standard InChI is InChI=1S/C13H15BrN4O2/c1-3-18-12(11(15)8(2)17-18)13(19)20-7-10-5-4-9(14)6-16-10/h4-6H,3,7,15H2,1-2H3. The van der Waals surface area contributed by atoms with Gasteiger partial charge in [-0.15, -0.1) is 0 Å². The Morgan fingerprint density at radius 2 is 2.25 bits per heavy atom. The smallest absolute Gasteiger partial charge is 0.359 e. The van der Waals surface area contributed by atoms with Crippen LogP contribution in [0.1, 0.15) is 28.8 Å². The van der Waals surface area contributed by atoms with Crippen LogP contribution in [0.5, 0.6) is 0 Å². The first-order valence-corrected chi connectivity index (χ1v) is 6.92. The zero-order valence-electron chi connectivity index (χ0n) is 11.3. The van der Waals surface area contributed by atoms with Crippen LogP contribution < -0.4 is 5.73 Å². The Hall–Kier alpha value is -1.89. The van der Waals surface area contributed by atoms with Crippen molar-refractivity contribution >= 4 is 27.6 Å². The molecule has 0 atom stereocenters. The normalized spacial score (nSPS) is 10.6. The Bertz CT molecular complexity index is 622. The third-order valence-electron chi connectivity index (χ3n) is 2.81. The Kier molecular flexibility index (Phi) is 4.39. The maximum Gasteiger partial charge on any atom is 0.359 e. The van der Waals surface area contributed by atoms with Crippen LogP contribution in [-0.4, -0.2) is 20.7 Å². The second-order valence-electron chi connectivity index (χ2n) is 4.21. The number of esters is 1. The van der Waals surface area contributed by atoms with Gasteiger partial charge in [0.1, 0.15) is 6.61 Å². The molecule has 106 valence electrons. The van der Waals surface area contributed by atoms with Gasteiger partial charge in [-0.05, 0) is 41.9 Å². The molecule has 0 amide bonds. The molecule has 0 unspecified atom stereocenters. The lowest BCUT2D eigenvalue weighted by Crippen LogP contribution is -2.14. The van der Waals surface area contributed by atoms with Crippen molar-refractivity contribution in [2.75, 3.05) is 5.73 Å². The number of carbonyl (C=O) groups excluding carboxylic acids is 1. The molecule has 0 aliphatic rings. The molecule has 2 aromatic rings. The predicted molar refractivity (Wildman–Crippen MR) is 78.1 cm³/mol. The van der Waals surface area contributed by atoms with Crippen molar-refractivity contribution < 1.29 is 9.53 Å². The molecule has 6 nitrogen and oxygen atoms in total. The largest absolute Gasteiger partial charge is 0.454 e. The van der Waals surface area contributed by atoms with Gasteiger partial charge >= 0.3 is 5.97 Å². The minimum atomic E-state index is -0.491. The Labute approximate surface area is 125 Å². The predicted octanol–water partition coefficient (Wildman–Crippen LogP) is 2.31. The van der Waals surface area contributed by atoms with Gasteiger partial charge in [-0.25, -0.2) is 4.79 Å². The SMILES string of the molecule is CCn1nc(C)c(N)c1C(=O)OCc1ccc(Br)cn1. The van der Waals surface area contributed by atoms with Gasteiger partial charge in [-0.2, -0.15) is 5.10 Å². The number of nitrogens with two attached hydrogens (primary N) is 1. The molecule has 20 heavy (non-hydrogen) atoms. The fraction of sp³-hybridized carbons (Fsp3) is 0.308. The summed E-state index contributed by atoms with van der Waals surface area (Å²) in [6.07, 6.45) is 1.65. The summed E-state index contributed by atoms with van der Waals surface area (Å²) in [5.74, 6) is -0.491. The molecule has 0 saturated heterocycles. The van der Waals surface area contributed by atoms with E-state index in [-0.39, 0.29) is 6.61 Å². The monoisotopic (exact) mass is 338 g/mol. The van der Waals surface area contributed by atoms with Gasteiger partial charge in [0.2, 0.25) is 0 Å². The highest BCUT2D eigenvalue weighted by Gasteiger charge is 2.20. The van der Waals surface area contributed by atoms with Crippen molar-refractivity contribution in [3.05, 3.63) is 39.9 Å². The molecule has 0 saturated carbocycles. The summed E-state index contributed by atoms with van der Waals surface area (Å²) in [4.78, 5) is 16.2. The number of halogens is 1. The van der Waals surface area contributed by atoms with Gasteiger partial charge in [0.05, 0.1) is 17.1 Å². The van der Waals surface area contributed by atoms with E-state index in [1.165, 1.54) is 0 Å². The van der Waals surface area contributed by atoms with E-state index in [1.54, 1.807) is 23.9 Å². The fourth-order valence-corrected chi connectivity index (χ4v) is 1.97. The third-order valence-corrected chi connectivity index (χ3v) is 3.28. The Morgan fingerprint density at radius 3 is 2.85 bits per heavy atom. The van der Waals surface area contributed by atoms with Gasteiger partial charge < -0.3 is 10.5 Å².